The second-order valence-electron chi connectivity index (χ2n) is 3.33. The van der Waals surface area contributed by atoms with Gasteiger partial charge >= 0.3 is 5.97 Å². The van der Waals surface area contributed by atoms with E-state index in [-0.39, 0.29) is 6.54 Å². The van der Waals surface area contributed by atoms with E-state index in [2.05, 4.69) is 15.0 Å². The molecule has 0 spiro atoms. The fourth-order valence-electron chi connectivity index (χ4n) is 1.40. The molecule has 0 saturated heterocycles. The number of carboxylic acid groups (broad SMARTS) is 1. The number of nitrogens with zero attached hydrogens (tertiary/aromatic N) is 4. The smallest absolute Gasteiger partial charge is 0.323 e. The Balaban J connectivity index is 2.47. The van der Waals surface area contributed by atoms with Gasteiger partial charge in [0.15, 0.2) is 11.5 Å². The topological polar surface area (TPSA) is 79.2 Å². The second kappa shape index (κ2) is 4.01. The normalized spacial score (nSPS) is 10.6. The van der Waals surface area contributed by atoms with Gasteiger partial charge in [-0.3, -0.25) is 4.79 Å². The van der Waals surface area contributed by atoms with Crippen LogP contribution in [0.25, 0.3) is 10.3 Å². The molecule has 0 bridgehead atoms. The third-order valence-electron chi connectivity index (χ3n) is 2.01. The Morgan fingerprint density at radius 2 is 2.31 bits per heavy atom. The molecule has 2 rings (SSSR count). The molecule has 84 valence electrons. The summed E-state index contributed by atoms with van der Waals surface area (Å²) in [6.07, 6.45) is 1.40. The summed E-state index contributed by atoms with van der Waals surface area (Å²) in [6.45, 7) is 1.79. The van der Waals surface area contributed by atoms with Gasteiger partial charge in [-0.1, -0.05) is 0 Å². The lowest BCUT2D eigenvalue weighted by Crippen LogP contribution is -2.26. The number of thiazole rings is 1. The molecule has 1 N–H and O–H groups in total. The second-order valence-corrected chi connectivity index (χ2v) is 4.54. The molecule has 0 aliphatic carbocycles. The van der Waals surface area contributed by atoms with Gasteiger partial charge < -0.3 is 10.0 Å². The van der Waals surface area contributed by atoms with E-state index in [0.717, 1.165) is 9.71 Å². The van der Waals surface area contributed by atoms with Crippen LogP contribution in [0.15, 0.2) is 6.33 Å². The van der Waals surface area contributed by atoms with Gasteiger partial charge in [0.2, 0.25) is 0 Å². The number of carbonyl (C=O) groups is 1. The Labute approximate surface area is 95.6 Å². The first-order valence-corrected chi connectivity index (χ1v) is 5.40. The van der Waals surface area contributed by atoms with E-state index < -0.39 is 5.97 Å². The fraction of sp³-hybridized carbons (Fsp3) is 0.333. The minimum absolute atomic E-state index is 0.0942. The zero-order valence-electron chi connectivity index (χ0n) is 8.84. The zero-order chi connectivity index (χ0) is 11.7. The van der Waals surface area contributed by atoms with Crippen molar-refractivity contribution in [1.82, 2.24) is 15.0 Å². The predicted molar refractivity (Wildman–Crippen MR) is 60.9 cm³/mol. The number of carboxylic acids is 1. The summed E-state index contributed by atoms with van der Waals surface area (Å²) in [7, 11) is 1.69. The van der Waals surface area contributed by atoms with Crippen molar-refractivity contribution in [1.29, 1.82) is 0 Å². The Morgan fingerprint density at radius 3 is 3.00 bits per heavy atom. The summed E-state index contributed by atoms with van der Waals surface area (Å²) in [6, 6.07) is 0. The van der Waals surface area contributed by atoms with Gasteiger partial charge in [-0.2, -0.15) is 0 Å². The molecule has 2 aromatic heterocycles. The van der Waals surface area contributed by atoms with Gasteiger partial charge in [-0.25, -0.2) is 15.0 Å². The van der Waals surface area contributed by atoms with Gasteiger partial charge in [0.1, 0.15) is 17.6 Å². The van der Waals surface area contributed by atoms with Gasteiger partial charge in [-0.05, 0) is 6.92 Å². The number of anilines is 1. The van der Waals surface area contributed by atoms with Crippen LogP contribution < -0.4 is 4.90 Å². The van der Waals surface area contributed by atoms with Crippen LogP contribution in [0.1, 0.15) is 5.01 Å². The Bertz CT molecular complexity index is 539. The number of likely N-dealkylation sites (N-methyl/N-ethyl adjacent to an activating group) is 1. The van der Waals surface area contributed by atoms with Crippen LogP contribution in [0.2, 0.25) is 0 Å². The molecule has 0 fully saturated rings. The number of aromatic nitrogens is 3. The van der Waals surface area contributed by atoms with E-state index in [1.54, 1.807) is 11.9 Å². The highest BCUT2D eigenvalue weighted by molar-refractivity contribution is 7.19. The minimum atomic E-state index is -0.893. The maximum absolute atomic E-state index is 10.6. The molecule has 2 heterocycles. The van der Waals surface area contributed by atoms with E-state index in [0.29, 0.717) is 11.5 Å². The predicted octanol–water partition coefficient (Wildman–Crippen LogP) is 0.916. The van der Waals surface area contributed by atoms with Gasteiger partial charge in [0, 0.05) is 7.05 Å². The average Bonchev–Trinajstić information content (AvgIpc) is 2.55. The number of rotatable bonds is 3. The Kier molecular flexibility index (Phi) is 2.69. The summed E-state index contributed by atoms with van der Waals surface area (Å²) in [5.74, 6) is -0.284. The molecule has 2 aromatic rings. The molecule has 0 aliphatic rings. The lowest BCUT2D eigenvalue weighted by molar-refractivity contribution is -0.135. The van der Waals surface area contributed by atoms with Crippen molar-refractivity contribution in [2.45, 2.75) is 6.92 Å². The summed E-state index contributed by atoms with van der Waals surface area (Å²) >= 11 is 1.46. The van der Waals surface area contributed by atoms with Crippen molar-refractivity contribution >= 4 is 33.5 Å². The SMILES string of the molecule is Cc1nc2ncnc(N(C)CC(=O)O)c2s1. The van der Waals surface area contributed by atoms with Crippen LogP contribution in [0.3, 0.4) is 0 Å². The van der Waals surface area contributed by atoms with E-state index >= 15 is 0 Å². The van der Waals surface area contributed by atoms with Gasteiger partial charge in [0.05, 0.1) is 5.01 Å². The van der Waals surface area contributed by atoms with E-state index in [4.69, 9.17) is 5.11 Å². The van der Waals surface area contributed by atoms with Crippen LogP contribution in [0.4, 0.5) is 5.82 Å². The number of aryl methyl sites for hydroxylation is 1. The number of fused-ring (bicyclic) bond motifs is 1. The van der Waals surface area contributed by atoms with E-state index in [9.17, 15) is 4.79 Å². The number of aliphatic carboxylic acids is 1. The van der Waals surface area contributed by atoms with Crippen LogP contribution in [-0.4, -0.2) is 39.6 Å². The highest BCUT2D eigenvalue weighted by Crippen LogP contribution is 2.27. The molecule has 0 amide bonds. The zero-order valence-corrected chi connectivity index (χ0v) is 9.65. The molecular formula is C9H10N4O2S. The van der Waals surface area contributed by atoms with Crippen LogP contribution in [-0.2, 0) is 4.79 Å². The van der Waals surface area contributed by atoms with E-state index in [1.807, 2.05) is 6.92 Å². The third-order valence-corrected chi connectivity index (χ3v) is 2.97. The van der Waals surface area contributed by atoms with Gasteiger partial charge in [-0.15, -0.1) is 11.3 Å². The monoisotopic (exact) mass is 238 g/mol. The first-order chi connectivity index (χ1) is 7.58. The van der Waals surface area contributed by atoms with Crippen molar-refractivity contribution in [3.8, 4) is 0 Å². The standard InChI is InChI=1S/C9H10N4O2S/c1-5-12-8-7(16-5)9(11-4-10-8)13(2)3-6(14)15/h4H,3H2,1-2H3,(H,14,15). The van der Waals surface area contributed by atoms with Crippen molar-refractivity contribution < 1.29 is 9.90 Å². The molecule has 0 radical (unpaired) electrons. The molecule has 0 atom stereocenters. The molecule has 7 heteroatoms. The molecule has 16 heavy (non-hydrogen) atoms. The van der Waals surface area contributed by atoms with Crippen LogP contribution in [0, 0.1) is 6.92 Å². The maximum Gasteiger partial charge on any atom is 0.323 e. The fourth-order valence-corrected chi connectivity index (χ4v) is 2.31. The summed E-state index contributed by atoms with van der Waals surface area (Å²) < 4.78 is 0.823. The molecule has 0 aliphatic heterocycles. The van der Waals surface area contributed by atoms with Crippen molar-refractivity contribution in [2.75, 3.05) is 18.5 Å². The molecule has 0 unspecified atom stereocenters. The number of hydrogen-bond donors (Lipinski definition) is 1. The lowest BCUT2D eigenvalue weighted by atomic mass is 10.4. The van der Waals surface area contributed by atoms with Crippen LogP contribution >= 0.6 is 11.3 Å². The first-order valence-electron chi connectivity index (χ1n) is 4.59. The van der Waals surface area contributed by atoms with Gasteiger partial charge in [0.25, 0.3) is 0 Å². The summed E-state index contributed by atoms with van der Waals surface area (Å²) in [5, 5.41) is 9.61. The highest BCUT2D eigenvalue weighted by Gasteiger charge is 2.13. The Morgan fingerprint density at radius 1 is 1.56 bits per heavy atom. The average molecular weight is 238 g/mol. The van der Waals surface area contributed by atoms with Crippen LogP contribution in [0.5, 0.6) is 0 Å². The third kappa shape index (κ3) is 1.94. The maximum atomic E-state index is 10.6. The molecule has 0 aromatic carbocycles. The van der Waals surface area contributed by atoms with Crippen molar-refractivity contribution in [3.63, 3.8) is 0 Å². The van der Waals surface area contributed by atoms with Crippen molar-refractivity contribution in [3.05, 3.63) is 11.3 Å². The summed E-state index contributed by atoms with van der Waals surface area (Å²) in [4.78, 5) is 24.6. The van der Waals surface area contributed by atoms with Crippen molar-refractivity contribution in [2.24, 2.45) is 0 Å². The largest absolute Gasteiger partial charge is 0.480 e. The minimum Gasteiger partial charge on any atom is -0.480 e. The Hall–Kier alpha value is -1.76. The quantitative estimate of drug-likeness (QED) is 0.856. The lowest BCUT2D eigenvalue weighted by Gasteiger charge is -2.14. The first kappa shape index (κ1) is 10.7. The molecular weight excluding hydrogens is 228 g/mol. The highest BCUT2D eigenvalue weighted by atomic mass is 32.1. The van der Waals surface area contributed by atoms with E-state index in [1.165, 1.54) is 17.7 Å². The molecule has 6 nitrogen and oxygen atoms in total. The summed E-state index contributed by atoms with van der Waals surface area (Å²) in [5.41, 5.74) is 0.615. The number of hydrogen-bond acceptors (Lipinski definition) is 6. The molecule has 0 saturated carbocycles.